The lowest BCUT2D eigenvalue weighted by atomic mass is 9.98. The third kappa shape index (κ3) is 3.15. The largest absolute Gasteiger partial charge is 0.481 e. The van der Waals surface area contributed by atoms with E-state index in [0.29, 0.717) is 22.2 Å². The molecule has 0 aliphatic rings. The smallest absolute Gasteiger partial charge is 0.309 e. The first-order chi connectivity index (χ1) is 7.06. The molecular weight excluding hydrogens is 238 g/mol. The molecule has 4 nitrogen and oxygen atoms in total. The zero-order valence-corrected chi connectivity index (χ0v) is 9.75. The van der Waals surface area contributed by atoms with Gasteiger partial charge in [-0.2, -0.15) is 0 Å². The topological polar surface area (TPSA) is 70.4 Å². The summed E-state index contributed by atoms with van der Waals surface area (Å²) < 4.78 is 0.449. The second-order valence-corrected chi connectivity index (χ2v) is 4.87. The molecule has 0 aliphatic carbocycles. The molecule has 84 valence electrons. The molecule has 1 heterocycles. The number of aliphatic hydroxyl groups excluding tert-OH is 1. The third-order valence-corrected chi connectivity index (χ3v) is 3.23. The highest BCUT2D eigenvalue weighted by Crippen LogP contribution is 2.30. The van der Waals surface area contributed by atoms with E-state index in [0.717, 1.165) is 11.3 Å². The molecule has 1 rings (SSSR count). The lowest BCUT2D eigenvalue weighted by Crippen LogP contribution is -2.21. The van der Waals surface area contributed by atoms with Gasteiger partial charge in [-0.25, -0.2) is 4.98 Å². The van der Waals surface area contributed by atoms with Crippen molar-refractivity contribution in [2.24, 2.45) is 5.92 Å². The van der Waals surface area contributed by atoms with Crippen LogP contribution >= 0.6 is 22.9 Å². The van der Waals surface area contributed by atoms with Gasteiger partial charge in [0.25, 0.3) is 0 Å². The lowest BCUT2D eigenvalue weighted by Gasteiger charge is -2.15. The van der Waals surface area contributed by atoms with E-state index in [-0.39, 0.29) is 0 Å². The van der Waals surface area contributed by atoms with Gasteiger partial charge in [-0.3, -0.25) is 4.79 Å². The number of aliphatic hydroxyl groups is 1. The number of hydrogen-bond donors (Lipinski definition) is 2. The Morgan fingerprint density at radius 3 is 2.80 bits per heavy atom. The maximum Gasteiger partial charge on any atom is 0.309 e. The Morgan fingerprint density at radius 1 is 1.73 bits per heavy atom. The summed E-state index contributed by atoms with van der Waals surface area (Å²) in [5, 5.41) is 19.1. The maximum atomic E-state index is 10.9. The van der Waals surface area contributed by atoms with Crippen LogP contribution in [0.15, 0.2) is 6.20 Å². The molecule has 0 radical (unpaired) electrons. The molecule has 0 amide bonds. The standard InChI is InChI=1S/C9H12ClNO3S/c1-2-3-5(9(13)14)7(12)8-11-4-6(10)15-8/h4-5,7,12H,2-3H2,1H3,(H,13,14). The quantitative estimate of drug-likeness (QED) is 0.840. The van der Waals surface area contributed by atoms with Crippen LogP contribution in [0.2, 0.25) is 4.34 Å². The van der Waals surface area contributed by atoms with Crippen molar-refractivity contribution in [1.29, 1.82) is 0 Å². The summed E-state index contributed by atoms with van der Waals surface area (Å²) in [6, 6.07) is 0. The van der Waals surface area contributed by atoms with Crippen molar-refractivity contribution in [2.45, 2.75) is 25.9 Å². The molecule has 2 atom stereocenters. The number of aliphatic carboxylic acids is 1. The van der Waals surface area contributed by atoms with Crippen LogP contribution in [0.25, 0.3) is 0 Å². The number of thiazole rings is 1. The first-order valence-corrected chi connectivity index (χ1v) is 5.77. The van der Waals surface area contributed by atoms with Gasteiger partial charge in [0.05, 0.1) is 12.1 Å². The average molecular weight is 250 g/mol. The molecule has 0 spiro atoms. The second-order valence-electron chi connectivity index (χ2n) is 3.18. The van der Waals surface area contributed by atoms with Crippen LogP contribution in [0.5, 0.6) is 0 Å². The molecule has 0 fully saturated rings. The molecule has 2 unspecified atom stereocenters. The second kappa shape index (κ2) is 5.44. The molecule has 0 aliphatic heterocycles. The molecule has 6 heteroatoms. The van der Waals surface area contributed by atoms with Crippen LogP contribution < -0.4 is 0 Å². The van der Waals surface area contributed by atoms with Crippen LogP contribution in [0.4, 0.5) is 0 Å². The van der Waals surface area contributed by atoms with E-state index in [1.165, 1.54) is 6.20 Å². The van der Waals surface area contributed by atoms with Crippen molar-refractivity contribution in [3.05, 3.63) is 15.5 Å². The highest BCUT2D eigenvalue weighted by atomic mass is 35.5. The third-order valence-electron chi connectivity index (χ3n) is 2.05. The first kappa shape index (κ1) is 12.4. The summed E-state index contributed by atoms with van der Waals surface area (Å²) >= 11 is 6.77. The molecule has 2 N–H and O–H groups in total. The zero-order valence-electron chi connectivity index (χ0n) is 8.18. The fraction of sp³-hybridized carbons (Fsp3) is 0.556. The van der Waals surface area contributed by atoms with Gasteiger partial charge in [0.15, 0.2) is 0 Å². The minimum atomic E-state index is -1.07. The van der Waals surface area contributed by atoms with E-state index in [9.17, 15) is 9.90 Å². The Bertz CT molecular complexity index is 342. The van der Waals surface area contributed by atoms with Crippen LogP contribution in [-0.4, -0.2) is 21.2 Å². The molecule has 0 aromatic carbocycles. The molecule has 0 saturated carbocycles. The number of aromatic nitrogens is 1. The molecule has 15 heavy (non-hydrogen) atoms. The minimum Gasteiger partial charge on any atom is -0.481 e. The van der Waals surface area contributed by atoms with Crippen molar-refractivity contribution < 1.29 is 15.0 Å². The van der Waals surface area contributed by atoms with E-state index in [1.807, 2.05) is 6.92 Å². The number of halogens is 1. The van der Waals surface area contributed by atoms with Crippen molar-refractivity contribution in [3.8, 4) is 0 Å². The average Bonchev–Trinajstić information content (AvgIpc) is 2.59. The summed E-state index contributed by atoms with van der Waals surface area (Å²) in [7, 11) is 0. The SMILES string of the molecule is CCCC(C(=O)O)C(O)c1ncc(Cl)s1. The van der Waals surface area contributed by atoms with Crippen molar-refractivity contribution in [1.82, 2.24) is 4.98 Å². The Kier molecular flexibility index (Phi) is 4.50. The van der Waals surface area contributed by atoms with Crippen LogP contribution in [-0.2, 0) is 4.79 Å². The normalized spacial score (nSPS) is 14.9. The monoisotopic (exact) mass is 249 g/mol. The Labute approximate surface area is 96.5 Å². The Hall–Kier alpha value is -0.650. The summed E-state index contributed by atoms with van der Waals surface area (Å²) in [5.41, 5.74) is 0. The predicted molar refractivity (Wildman–Crippen MR) is 58.1 cm³/mol. The van der Waals surface area contributed by atoms with Crippen molar-refractivity contribution in [3.63, 3.8) is 0 Å². The number of carboxylic acid groups (broad SMARTS) is 1. The first-order valence-electron chi connectivity index (χ1n) is 4.58. The van der Waals surface area contributed by atoms with Gasteiger partial charge in [-0.05, 0) is 6.42 Å². The van der Waals surface area contributed by atoms with E-state index in [2.05, 4.69) is 4.98 Å². The number of nitrogens with zero attached hydrogens (tertiary/aromatic N) is 1. The summed E-state index contributed by atoms with van der Waals surface area (Å²) in [6.07, 6.45) is 1.47. The number of carbonyl (C=O) groups is 1. The van der Waals surface area contributed by atoms with Gasteiger partial charge in [-0.15, -0.1) is 11.3 Å². The van der Waals surface area contributed by atoms with Gasteiger partial charge in [-0.1, -0.05) is 24.9 Å². The number of hydrogen-bond acceptors (Lipinski definition) is 4. The zero-order chi connectivity index (χ0) is 11.4. The Balaban J connectivity index is 2.80. The molecule has 0 bridgehead atoms. The summed E-state index contributed by atoms with van der Waals surface area (Å²) in [5.74, 6) is -1.81. The molecular formula is C9H12ClNO3S. The van der Waals surface area contributed by atoms with Gasteiger partial charge in [0.2, 0.25) is 0 Å². The predicted octanol–water partition coefficient (Wildman–Crippen LogP) is 2.33. The fourth-order valence-corrected chi connectivity index (χ4v) is 2.28. The van der Waals surface area contributed by atoms with Gasteiger partial charge >= 0.3 is 5.97 Å². The molecule has 1 aromatic rings. The Morgan fingerprint density at radius 2 is 2.40 bits per heavy atom. The van der Waals surface area contributed by atoms with Crippen molar-refractivity contribution >= 4 is 28.9 Å². The van der Waals surface area contributed by atoms with Gasteiger partial charge in [0.1, 0.15) is 15.4 Å². The highest BCUT2D eigenvalue weighted by Gasteiger charge is 2.28. The number of rotatable bonds is 5. The number of carboxylic acids is 1. The van der Waals surface area contributed by atoms with Crippen molar-refractivity contribution in [2.75, 3.05) is 0 Å². The van der Waals surface area contributed by atoms with E-state index in [1.54, 1.807) is 0 Å². The van der Waals surface area contributed by atoms with Gasteiger partial charge in [0, 0.05) is 0 Å². The highest BCUT2D eigenvalue weighted by molar-refractivity contribution is 7.15. The molecule has 0 saturated heterocycles. The van der Waals surface area contributed by atoms with Crippen LogP contribution in [0.3, 0.4) is 0 Å². The summed E-state index contributed by atoms with van der Waals surface area (Å²) in [4.78, 5) is 14.8. The van der Waals surface area contributed by atoms with Crippen LogP contribution in [0.1, 0.15) is 30.9 Å². The van der Waals surface area contributed by atoms with E-state index >= 15 is 0 Å². The van der Waals surface area contributed by atoms with Crippen LogP contribution in [0, 0.1) is 5.92 Å². The lowest BCUT2D eigenvalue weighted by molar-refractivity contribution is -0.146. The maximum absolute atomic E-state index is 10.9. The minimum absolute atomic E-state index is 0.362. The van der Waals surface area contributed by atoms with Gasteiger partial charge < -0.3 is 10.2 Å². The molecule has 1 aromatic heterocycles. The van der Waals surface area contributed by atoms with E-state index in [4.69, 9.17) is 16.7 Å². The van der Waals surface area contributed by atoms with E-state index < -0.39 is 18.0 Å². The fourth-order valence-electron chi connectivity index (χ4n) is 1.30. The summed E-state index contributed by atoms with van der Waals surface area (Å²) in [6.45, 7) is 1.87.